The van der Waals surface area contributed by atoms with Gasteiger partial charge < -0.3 is 14.5 Å². The molecule has 0 aromatic carbocycles. The van der Waals surface area contributed by atoms with Crippen LogP contribution in [-0.4, -0.2) is 54.5 Å². The average molecular weight is 334 g/mol. The van der Waals surface area contributed by atoms with Gasteiger partial charge in [-0.3, -0.25) is 4.79 Å². The summed E-state index contributed by atoms with van der Waals surface area (Å²) in [5.74, 6) is 0.289. The highest BCUT2D eigenvalue weighted by Crippen LogP contribution is 2.35. The molecule has 4 rings (SSSR count). The first-order valence-electron chi connectivity index (χ1n) is 8.91. The smallest absolute Gasteiger partial charge is 0.225 e. The third-order valence-corrected chi connectivity index (χ3v) is 6.77. The molecule has 23 heavy (non-hydrogen) atoms. The Morgan fingerprint density at radius 1 is 1.30 bits per heavy atom. The van der Waals surface area contributed by atoms with E-state index in [9.17, 15) is 4.79 Å². The molecule has 0 unspecified atom stereocenters. The van der Waals surface area contributed by atoms with Gasteiger partial charge in [-0.25, -0.2) is 0 Å². The Morgan fingerprint density at radius 2 is 2.13 bits per heavy atom. The van der Waals surface area contributed by atoms with E-state index in [4.69, 9.17) is 4.74 Å². The molecule has 4 heterocycles. The van der Waals surface area contributed by atoms with Gasteiger partial charge in [0.2, 0.25) is 5.91 Å². The molecule has 0 saturated carbocycles. The molecule has 5 heteroatoms. The molecule has 1 aromatic rings. The first kappa shape index (κ1) is 15.6. The highest BCUT2D eigenvalue weighted by atomic mass is 32.1. The summed E-state index contributed by atoms with van der Waals surface area (Å²) in [6.07, 6.45) is 6.29. The zero-order valence-corrected chi connectivity index (χ0v) is 14.7. The molecule has 3 aliphatic rings. The largest absolute Gasteiger partial charge is 0.373 e. The number of fused-ring (bicyclic) bond motifs is 1. The summed E-state index contributed by atoms with van der Waals surface area (Å²) in [4.78, 5) is 19.0. The molecule has 1 aromatic heterocycles. The molecule has 126 valence electrons. The third kappa shape index (κ3) is 2.94. The van der Waals surface area contributed by atoms with Gasteiger partial charge in [0.25, 0.3) is 0 Å². The van der Waals surface area contributed by atoms with Crippen LogP contribution in [0.4, 0.5) is 0 Å². The van der Waals surface area contributed by atoms with Crippen molar-refractivity contribution < 1.29 is 9.53 Å². The Labute approximate surface area is 142 Å². The molecule has 3 aliphatic heterocycles. The van der Waals surface area contributed by atoms with E-state index >= 15 is 0 Å². The quantitative estimate of drug-likeness (QED) is 0.852. The molecule has 0 aliphatic carbocycles. The minimum absolute atomic E-state index is 0.0277. The van der Waals surface area contributed by atoms with Gasteiger partial charge in [0.1, 0.15) is 0 Å². The van der Waals surface area contributed by atoms with Crippen molar-refractivity contribution in [3.05, 3.63) is 21.9 Å². The molecule has 4 nitrogen and oxygen atoms in total. The molecule has 2 fully saturated rings. The number of likely N-dealkylation sites (N-methyl/N-ethyl adjacent to an activating group) is 1. The average Bonchev–Trinajstić information content (AvgIpc) is 3.26. The third-order valence-electron chi connectivity index (χ3n) is 5.78. The Kier molecular flexibility index (Phi) is 4.43. The van der Waals surface area contributed by atoms with E-state index in [1.165, 1.54) is 29.8 Å². The van der Waals surface area contributed by atoms with Crippen molar-refractivity contribution >= 4 is 17.2 Å². The fourth-order valence-corrected chi connectivity index (χ4v) is 5.51. The van der Waals surface area contributed by atoms with Crippen LogP contribution in [-0.2, 0) is 16.0 Å². The van der Waals surface area contributed by atoms with Gasteiger partial charge in [0.05, 0.1) is 19.1 Å². The van der Waals surface area contributed by atoms with Gasteiger partial charge in [0.15, 0.2) is 0 Å². The highest BCUT2D eigenvalue weighted by molar-refractivity contribution is 7.10. The Bertz CT molecular complexity index is 573. The second-order valence-electron chi connectivity index (χ2n) is 7.10. The van der Waals surface area contributed by atoms with Gasteiger partial charge in [-0.2, -0.15) is 0 Å². The number of hydrogen-bond donors (Lipinski definition) is 0. The number of nitrogens with zero attached hydrogens (tertiary/aromatic N) is 2. The van der Waals surface area contributed by atoms with Gasteiger partial charge >= 0.3 is 0 Å². The number of carbonyl (C=O) groups excluding carboxylic acids is 1. The lowest BCUT2D eigenvalue weighted by atomic mass is 10.0. The summed E-state index contributed by atoms with van der Waals surface area (Å²) in [7, 11) is 2.21. The second-order valence-corrected chi connectivity index (χ2v) is 8.10. The van der Waals surface area contributed by atoms with Crippen molar-refractivity contribution in [1.82, 2.24) is 9.80 Å². The fourth-order valence-electron chi connectivity index (χ4n) is 4.59. The summed E-state index contributed by atoms with van der Waals surface area (Å²) < 4.78 is 5.92. The maximum atomic E-state index is 12.9. The van der Waals surface area contributed by atoms with Crippen LogP contribution in [0.15, 0.2) is 11.4 Å². The van der Waals surface area contributed by atoms with Crippen LogP contribution in [0.1, 0.15) is 48.6 Å². The van der Waals surface area contributed by atoms with Crippen LogP contribution in [0.25, 0.3) is 0 Å². The van der Waals surface area contributed by atoms with E-state index in [-0.39, 0.29) is 12.0 Å². The molecule has 0 N–H and O–H groups in total. The predicted octanol–water partition coefficient (Wildman–Crippen LogP) is 2.84. The number of ether oxygens (including phenoxy) is 1. The number of carbonyl (C=O) groups is 1. The monoisotopic (exact) mass is 334 g/mol. The van der Waals surface area contributed by atoms with E-state index in [1.807, 2.05) is 0 Å². The van der Waals surface area contributed by atoms with Gasteiger partial charge in [-0.05, 0) is 56.3 Å². The SMILES string of the molecule is CN1CCC[C@@H]1[C@@H]1CCCN1C(=O)C[C@H]1OCCc2sccc21. The fraction of sp³-hybridized carbons (Fsp3) is 0.722. The van der Waals surface area contributed by atoms with Crippen molar-refractivity contribution in [1.29, 1.82) is 0 Å². The maximum absolute atomic E-state index is 12.9. The number of rotatable bonds is 3. The lowest BCUT2D eigenvalue weighted by Gasteiger charge is -2.34. The lowest BCUT2D eigenvalue weighted by molar-refractivity contribution is -0.136. The van der Waals surface area contributed by atoms with E-state index in [2.05, 4.69) is 28.3 Å². The van der Waals surface area contributed by atoms with Crippen LogP contribution in [0.2, 0.25) is 0 Å². The molecule has 0 radical (unpaired) electrons. The topological polar surface area (TPSA) is 32.8 Å². The van der Waals surface area contributed by atoms with Crippen LogP contribution in [0.3, 0.4) is 0 Å². The minimum Gasteiger partial charge on any atom is -0.373 e. The van der Waals surface area contributed by atoms with Crippen LogP contribution in [0.5, 0.6) is 0 Å². The molecule has 0 bridgehead atoms. The number of thiophene rings is 1. The molecular weight excluding hydrogens is 308 g/mol. The van der Waals surface area contributed by atoms with E-state index < -0.39 is 0 Å². The Morgan fingerprint density at radius 3 is 2.96 bits per heavy atom. The molecule has 2 saturated heterocycles. The van der Waals surface area contributed by atoms with Gasteiger partial charge in [0, 0.05) is 29.9 Å². The van der Waals surface area contributed by atoms with Crippen LogP contribution >= 0.6 is 11.3 Å². The molecule has 1 amide bonds. The van der Waals surface area contributed by atoms with Crippen molar-refractivity contribution in [2.75, 3.05) is 26.7 Å². The number of amides is 1. The van der Waals surface area contributed by atoms with Gasteiger partial charge in [-0.15, -0.1) is 11.3 Å². The first-order valence-corrected chi connectivity index (χ1v) is 9.79. The first-order chi connectivity index (χ1) is 11.2. The zero-order valence-electron chi connectivity index (χ0n) is 13.9. The molecule has 0 spiro atoms. The van der Waals surface area contributed by atoms with Crippen molar-refractivity contribution in [3.63, 3.8) is 0 Å². The van der Waals surface area contributed by atoms with E-state index in [0.29, 0.717) is 18.5 Å². The van der Waals surface area contributed by atoms with Crippen molar-refractivity contribution in [3.8, 4) is 0 Å². The summed E-state index contributed by atoms with van der Waals surface area (Å²) in [6.45, 7) is 2.85. The molecular formula is C18H26N2O2S. The highest BCUT2D eigenvalue weighted by Gasteiger charge is 2.39. The summed E-state index contributed by atoms with van der Waals surface area (Å²) in [6, 6.07) is 3.12. The second kappa shape index (κ2) is 6.54. The zero-order chi connectivity index (χ0) is 15.8. The predicted molar refractivity (Wildman–Crippen MR) is 91.7 cm³/mol. The summed E-state index contributed by atoms with van der Waals surface area (Å²) in [5, 5.41) is 2.13. The standard InChI is InChI=1S/C18H26N2O2S/c1-19-8-2-4-14(19)15-5-3-9-20(15)18(21)12-16-13-7-11-23-17(13)6-10-22-16/h7,11,14-16H,2-6,8-10,12H2,1H3/t14-,15+,16-/m1/s1. The van der Waals surface area contributed by atoms with Crippen molar-refractivity contribution in [2.24, 2.45) is 0 Å². The molecule has 3 atom stereocenters. The maximum Gasteiger partial charge on any atom is 0.225 e. The normalized spacial score (nSPS) is 31.5. The number of likely N-dealkylation sites (tertiary alicyclic amines) is 2. The van der Waals surface area contributed by atoms with Crippen LogP contribution in [0, 0.1) is 0 Å². The minimum atomic E-state index is -0.0277. The Hall–Kier alpha value is -0.910. The van der Waals surface area contributed by atoms with Crippen molar-refractivity contribution in [2.45, 2.75) is 56.7 Å². The summed E-state index contributed by atoms with van der Waals surface area (Å²) in [5.41, 5.74) is 1.25. The van der Waals surface area contributed by atoms with E-state index in [1.54, 1.807) is 11.3 Å². The summed E-state index contributed by atoms with van der Waals surface area (Å²) >= 11 is 1.80. The lowest BCUT2D eigenvalue weighted by Crippen LogP contribution is -2.47. The number of hydrogen-bond acceptors (Lipinski definition) is 4. The Balaban J connectivity index is 1.45. The van der Waals surface area contributed by atoms with Crippen LogP contribution < -0.4 is 0 Å². The van der Waals surface area contributed by atoms with E-state index in [0.717, 1.165) is 32.4 Å². The van der Waals surface area contributed by atoms with Gasteiger partial charge in [-0.1, -0.05) is 0 Å².